The minimum atomic E-state index is -2.45. The number of hydrogen-bond acceptors (Lipinski definition) is 11. The summed E-state index contributed by atoms with van der Waals surface area (Å²) in [5, 5.41) is 6.65. The van der Waals surface area contributed by atoms with Crippen LogP contribution in [-0.4, -0.2) is 122 Å². The van der Waals surface area contributed by atoms with E-state index in [1.54, 1.807) is 21.3 Å². The van der Waals surface area contributed by atoms with E-state index in [-0.39, 0.29) is 0 Å². The van der Waals surface area contributed by atoms with E-state index in [1.165, 1.54) is 0 Å². The molecule has 0 unspecified atom stereocenters. The predicted octanol–water partition coefficient (Wildman–Crippen LogP) is 1.16. The molecule has 0 bridgehead atoms. The molecule has 0 aliphatic carbocycles. The molecule has 0 aromatic carbocycles. The van der Waals surface area contributed by atoms with E-state index in [0.717, 1.165) is 70.7 Å². The highest BCUT2D eigenvalue weighted by Gasteiger charge is 2.39. The Morgan fingerprint density at radius 2 is 1.34 bits per heavy atom. The third-order valence-electron chi connectivity index (χ3n) is 5.35. The molecule has 0 aromatic heterocycles. The molecule has 0 spiro atoms. The number of hydrogen-bond donors (Lipinski definition) is 3. The lowest BCUT2D eigenvalue weighted by atomic mass is 10.4. The lowest BCUT2D eigenvalue weighted by Crippen LogP contribution is -2.46. The molecule has 210 valence electrons. The van der Waals surface area contributed by atoms with Gasteiger partial charge in [-0.15, -0.1) is 0 Å². The summed E-state index contributed by atoms with van der Waals surface area (Å²) in [6.07, 6.45) is 3.92. The van der Waals surface area contributed by atoms with Gasteiger partial charge in [0.25, 0.3) is 0 Å². The van der Waals surface area contributed by atoms with Gasteiger partial charge >= 0.3 is 17.6 Å². The van der Waals surface area contributed by atoms with Gasteiger partial charge in [-0.05, 0) is 40.2 Å². The van der Waals surface area contributed by atoms with Gasteiger partial charge in [-0.1, -0.05) is 0 Å². The Labute approximate surface area is 216 Å². The van der Waals surface area contributed by atoms with Gasteiger partial charge in [0.05, 0.1) is 12.9 Å². The van der Waals surface area contributed by atoms with Crippen molar-refractivity contribution in [1.82, 2.24) is 15.5 Å². The molecule has 4 N–H and O–H groups in total. The first-order chi connectivity index (χ1) is 17.0. The van der Waals surface area contributed by atoms with Crippen LogP contribution in [0, 0.1) is 0 Å². The second-order valence-electron chi connectivity index (χ2n) is 7.83. The summed E-state index contributed by atoms with van der Waals surface area (Å²) >= 11 is 0. The van der Waals surface area contributed by atoms with Gasteiger partial charge in [0.1, 0.15) is 0 Å². The second-order valence-corrected chi connectivity index (χ2v) is 13.7. The minimum Gasteiger partial charge on any atom is -0.377 e. The Morgan fingerprint density at radius 1 is 0.800 bits per heavy atom. The van der Waals surface area contributed by atoms with Gasteiger partial charge in [0.15, 0.2) is 0 Å². The smallest absolute Gasteiger partial charge is 0.377 e. The van der Waals surface area contributed by atoms with Crippen LogP contribution in [0.5, 0.6) is 0 Å². The molecule has 0 radical (unpaired) electrons. The van der Waals surface area contributed by atoms with Crippen LogP contribution >= 0.6 is 0 Å². The highest BCUT2D eigenvalue weighted by Crippen LogP contribution is 2.18. The van der Waals surface area contributed by atoms with E-state index >= 15 is 0 Å². The molecule has 13 heteroatoms. The Kier molecular flexibility index (Phi) is 22.4. The van der Waals surface area contributed by atoms with Crippen molar-refractivity contribution >= 4 is 23.9 Å². The van der Waals surface area contributed by atoms with Crippen LogP contribution in [0.1, 0.15) is 33.6 Å². The first kappa shape index (κ1) is 34.5. The average Bonchev–Trinajstić information content (AvgIpc) is 3.38. The van der Waals surface area contributed by atoms with E-state index in [2.05, 4.69) is 20.5 Å². The molecule has 0 aromatic rings. The molecule has 35 heavy (non-hydrogen) atoms. The molecule has 11 nitrogen and oxygen atoms in total. The highest BCUT2D eigenvalue weighted by molar-refractivity contribution is 6.61. The van der Waals surface area contributed by atoms with Crippen molar-refractivity contribution in [3.8, 4) is 0 Å². The van der Waals surface area contributed by atoms with Crippen molar-refractivity contribution in [1.29, 1.82) is 0 Å². The zero-order chi connectivity index (χ0) is 26.3. The SMILES string of the molecule is CCO[Si](CCCNCCNCCN)(OCC)OCC.CO[Si](CCCN1C=NCC1)(OC)OC. The lowest BCUT2D eigenvalue weighted by Gasteiger charge is -2.28. The molecule has 0 saturated heterocycles. The Bertz CT molecular complexity index is 482. The van der Waals surface area contributed by atoms with Gasteiger partial charge in [-0.2, -0.15) is 0 Å². The summed E-state index contributed by atoms with van der Waals surface area (Å²) in [5.74, 6) is 0. The monoisotopic (exact) mass is 539 g/mol. The number of aliphatic imine (C=N–C) groups is 1. The molecule has 1 aliphatic heterocycles. The topological polar surface area (TPSA) is 121 Å². The molecule has 1 heterocycles. The van der Waals surface area contributed by atoms with Crippen molar-refractivity contribution in [2.24, 2.45) is 10.7 Å². The van der Waals surface area contributed by atoms with Crippen molar-refractivity contribution in [3.05, 3.63) is 0 Å². The summed E-state index contributed by atoms with van der Waals surface area (Å²) in [7, 11) is 0.139. The van der Waals surface area contributed by atoms with E-state index in [0.29, 0.717) is 26.4 Å². The predicted molar refractivity (Wildman–Crippen MR) is 146 cm³/mol. The zero-order valence-electron chi connectivity index (χ0n) is 23.1. The van der Waals surface area contributed by atoms with Gasteiger partial charge in [-0.3, -0.25) is 4.99 Å². The van der Waals surface area contributed by atoms with Crippen molar-refractivity contribution in [3.63, 3.8) is 0 Å². The summed E-state index contributed by atoms with van der Waals surface area (Å²) in [6.45, 7) is 15.2. The maximum absolute atomic E-state index is 5.81. The molecule has 1 rings (SSSR count). The number of rotatable bonds is 22. The van der Waals surface area contributed by atoms with Crippen molar-refractivity contribution < 1.29 is 26.6 Å². The summed E-state index contributed by atoms with van der Waals surface area (Å²) in [4.78, 5) is 6.37. The van der Waals surface area contributed by atoms with E-state index in [4.69, 9.17) is 32.3 Å². The fourth-order valence-corrected chi connectivity index (χ4v) is 7.92. The van der Waals surface area contributed by atoms with Crippen LogP contribution < -0.4 is 16.4 Å². The maximum atomic E-state index is 5.81. The van der Waals surface area contributed by atoms with Crippen LogP contribution in [0.25, 0.3) is 0 Å². The quantitative estimate of drug-likeness (QED) is 0.136. The van der Waals surface area contributed by atoms with Gasteiger partial charge < -0.3 is 47.8 Å². The van der Waals surface area contributed by atoms with Crippen LogP contribution in [0.3, 0.4) is 0 Å². The molecule has 0 atom stereocenters. The lowest BCUT2D eigenvalue weighted by molar-refractivity contribution is 0.0708. The summed E-state index contributed by atoms with van der Waals surface area (Å²) in [6, 6.07) is 1.71. The van der Waals surface area contributed by atoms with Crippen LogP contribution in [0.4, 0.5) is 0 Å². The first-order valence-electron chi connectivity index (χ1n) is 12.9. The summed E-state index contributed by atoms with van der Waals surface area (Å²) < 4.78 is 33.5. The van der Waals surface area contributed by atoms with Gasteiger partial charge in [0.2, 0.25) is 0 Å². The Morgan fingerprint density at radius 3 is 1.80 bits per heavy atom. The average molecular weight is 540 g/mol. The van der Waals surface area contributed by atoms with Crippen LogP contribution in [0.2, 0.25) is 12.1 Å². The molecule has 0 saturated carbocycles. The molecule has 0 amide bonds. The van der Waals surface area contributed by atoms with Gasteiger partial charge in [-0.25, -0.2) is 0 Å². The molecular formula is C22H53N5O6Si2. The number of nitrogens with one attached hydrogen (secondary N) is 2. The van der Waals surface area contributed by atoms with Crippen LogP contribution in [-0.2, 0) is 26.6 Å². The number of nitrogens with two attached hydrogens (primary N) is 1. The first-order valence-corrected chi connectivity index (χ1v) is 16.8. The third kappa shape index (κ3) is 16.1. The second kappa shape index (κ2) is 22.7. The largest absolute Gasteiger partial charge is 0.500 e. The normalized spacial score (nSPS) is 13.9. The molecular weight excluding hydrogens is 486 g/mol. The summed E-state index contributed by atoms with van der Waals surface area (Å²) in [5.41, 5.74) is 5.40. The minimum absolute atomic E-state index is 0.642. The Hall–Kier alpha value is -0.456. The van der Waals surface area contributed by atoms with Crippen LogP contribution in [0.15, 0.2) is 4.99 Å². The molecule has 0 fully saturated rings. The fourth-order valence-electron chi connectivity index (χ4n) is 3.60. The van der Waals surface area contributed by atoms with E-state index in [9.17, 15) is 0 Å². The highest BCUT2D eigenvalue weighted by atomic mass is 28.4. The van der Waals surface area contributed by atoms with E-state index in [1.807, 2.05) is 27.1 Å². The Balaban J connectivity index is 0.000000686. The third-order valence-corrected chi connectivity index (χ3v) is 11.3. The maximum Gasteiger partial charge on any atom is 0.500 e. The number of nitrogens with zero attached hydrogens (tertiary/aromatic N) is 2. The van der Waals surface area contributed by atoms with Crippen molar-refractivity contribution in [2.45, 2.75) is 45.7 Å². The zero-order valence-corrected chi connectivity index (χ0v) is 25.1. The standard InChI is InChI=1S/C13H33N3O3Si.C9H20N2O3Si/c1-4-17-20(18-5-2,19-6-3)13-7-9-15-11-12-16-10-8-14;1-12-15(13-2,14-3)8-4-6-11-7-5-10-9-11/h15-16H,4-14H2,1-3H3;9H,4-8H2,1-3H3. The van der Waals surface area contributed by atoms with Gasteiger partial charge in [0, 0.05) is 92.5 Å². The van der Waals surface area contributed by atoms with E-state index < -0.39 is 17.6 Å². The van der Waals surface area contributed by atoms with Crippen molar-refractivity contribution in [2.75, 3.05) is 93.5 Å². The fraction of sp³-hybridized carbons (Fsp3) is 0.955. The molecule has 1 aliphatic rings.